The van der Waals surface area contributed by atoms with Crippen LogP contribution in [0.1, 0.15) is 18.9 Å². The molecule has 3 heteroatoms. The van der Waals surface area contributed by atoms with Gasteiger partial charge in [0.05, 0.1) is 19.5 Å². The van der Waals surface area contributed by atoms with Crippen molar-refractivity contribution >= 4 is 11.0 Å². The first-order valence-electron chi connectivity index (χ1n) is 6.01. The Morgan fingerprint density at radius 1 is 1.35 bits per heavy atom. The SMILES string of the molecule is CC(N)CC1(c2coc3ccccc23)COC1. The quantitative estimate of drug-likeness (QED) is 0.882. The number of ether oxygens (including phenoxy) is 1. The molecule has 0 bridgehead atoms. The summed E-state index contributed by atoms with van der Waals surface area (Å²) in [4.78, 5) is 0. The van der Waals surface area contributed by atoms with Gasteiger partial charge in [-0.05, 0) is 19.4 Å². The predicted molar refractivity (Wildman–Crippen MR) is 67.0 cm³/mol. The number of hydrogen-bond acceptors (Lipinski definition) is 3. The summed E-state index contributed by atoms with van der Waals surface area (Å²) < 4.78 is 11.0. The van der Waals surface area contributed by atoms with Gasteiger partial charge in [-0.3, -0.25) is 0 Å². The molecule has 0 amide bonds. The molecular weight excluding hydrogens is 214 g/mol. The van der Waals surface area contributed by atoms with Crippen LogP contribution >= 0.6 is 0 Å². The minimum Gasteiger partial charge on any atom is -0.464 e. The summed E-state index contributed by atoms with van der Waals surface area (Å²) in [5.74, 6) is 0. The summed E-state index contributed by atoms with van der Waals surface area (Å²) in [5.41, 5.74) is 8.20. The van der Waals surface area contributed by atoms with Crippen molar-refractivity contribution in [1.29, 1.82) is 0 Å². The van der Waals surface area contributed by atoms with Gasteiger partial charge in [-0.15, -0.1) is 0 Å². The molecule has 1 aromatic carbocycles. The van der Waals surface area contributed by atoms with Crippen LogP contribution in [0.25, 0.3) is 11.0 Å². The second-order valence-electron chi connectivity index (χ2n) is 5.10. The van der Waals surface area contributed by atoms with E-state index in [0.29, 0.717) is 0 Å². The maximum Gasteiger partial charge on any atom is 0.134 e. The molecule has 0 radical (unpaired) electrons. The van der Waals surface area contributed by atoms with E-state index in [1.54, 1.807) is 0 Å². The highest BCUT2D eigenvalue weighted by atomic mass is 16.5. The molecule has 2 N–H and O–H groups in total. The van der Waals surface area contributed by atoms with Crippen LogP contribution in [-0.4, -0.2) is 19.3 Å². The zero-order chi connectivity index (χ0) is 11.9. The van der Waals surface area contributed by atoms with Gasteiger partial charge in [0.2, 0.25) is 0 Å². The van der Waals surface area contributed by atoms with Crippen LogP contribution < -0.4 is 5.73 Å². The second kappa shape index (κ2) is 3.86. The molecule has 1 aliphatic rings. The molecule has 2 heterocycles. The largest absolute Gasteiger partial charge is 0.464 e. The van der Waals surface area contributed by atoms with E-state index in [-0.39, 0.29) is 11.5 Å². The van der Waals surface area contributed by atoms with Crippen molar-refractivity contribution in [2.75, 3.05) is 13.2 Å². The third kappa shape index (κ3) is 1.66. The van der Waals surface area contributed by atoms with Gasteiger partial charge in [0.1, 0.15) is 5.58 Å². The Morgan fingerprint density at radius 2 is 2.12 bits per heavy atom. The third-order valence-electron chi connectivity index (χ3n) is 3.52. The normalized spacial score (nSPS) is 20.1. The number of fused-ring (bicyclic) bond motifs is 1. The number of hydrogen-bond donors (Lipinski definition) is 1. The summed E-state index contributed by atoms with van der Waals surface area (Å²) in [6, 6.07) is 8.31. The highest BCUT2D eigenvalue weighted by molar-refractivity contribution is 5.82. The number of nitrogens with two attached hydrogens (primary N) is 1. The molecule has 90 valence electrons. The van der Waals surface area contributed by atoms with E-state index in [9.17, 15) is 0 Å². The lowest BCUT2D eigenvalue weighted by Gasteiger charge is -2.42. The topological polar surface area (TPSA) is 48.4 Å². The van der Waals surface area contributed by atoms with Crippen LogP contribution in [0.5, 0.6) is 0 Å². The van der Waals surface area contributed by atoms with E-state index < -0.39 is 0 Å². The number of para-hydroxylation sites is 1. The maximum absolute atomic E-state index is 5.95. The Bertz CT molecular complexity index is 526. The summed E-state index contributed by atoms with van der Waals surface area (Å²) in [6.07, 6.45) is 2.81. The first-order chi connectivity index (χ1) is 8.21. The molecule has 1 atom stereocenters. The predicted octanol–water partition coefficient (Wildman–Crippen LogP) is 2.44. The average molecular weight is 231 g/mol. The Balaban J connectivity index is 2.07. The zero-order valence-electron chi connectivity index (χ0n) is 9.98. The second-order valence-corrected chi connectivity index (χ2v) is 5.10. The van der Waals surface area contributed by atoms with Crippen molar-refractivity contribution in [3.05, 3.63) is 36.1 Å². The number of rotatable bonds is 3. The van der Waals surface area contributed by atoms with Gasteiger partial charge in [0.15, 0.2) is 0 Å². The molecule has 17 heavy (non-hydrogen) atoms. The lowest BCUT2D eigenvalue weighted by atomic mass is 9.74. The fourth-order valence-corrected chi connectivity index (χ4v) is 2.74. The van der Waals surface area contributed by atoms with Crippen molar-refractivity contribution in [3.63, 3.8) is 0 Å². The van der Waals surface area contributed by atoms with Crippen molar-refractivity contribution in [3.8, 4) is 0 Å². The van der Waals surface area contributed by atoms with E-state index in [1.165, 1.54) is 10.9 Å². The first kappa shape index (κ1) is 10.8. The van der Waals surface area contributed by atoms with Crippen LogP contribution in [0.4, 0.5) is 0 Å². The Labute approximate surface area is 101 Å². The Hall–Kier alpha value is -1.32. The van der Waals surface area contributed by atoms with Gasteiger partial charge in [-0.1, -0.05) is 18.2 Å². The zero-order valence-corrected chi connectivity index (χ0v) is 9.98. The third-order valence-corrected chi connectivity index (χ3v) is 3.52. The number of furan rings is 1. The first-order valence-corrected chi connectivity index (χ1v) is 6.01. The fourth-order valence-electron chi connectivity index (χ4n) is 2.74. The van der Waals surface area contributed by atoms with Gasteiger partial charge < -0.3 is 14.9 Å². The monoisotopic (exact) mass is 231 g/mol. The molecule has 0 saturated carbocycles. The highest BCUT2D eigenvalue weighted by Crippen LogP contribution is 2.40. The van der Waals surface area contributed by atoms with Crippen LogP contribution in [0, 0.1) is 0 Å². The molecule has 2 aromatic rings. The maximum atomic E-state index is 5.95. The van der Waals surface area contributed by atoms with Crippen LogP contribution in [0.2, 0.25) is 0 Å². The minimum absolute atomic E-state index is 0.0563. The molecule has 1 aromatic heterocycles. The van der Waals surface area contributed by atoms with Gasteiger partial charge in [0, 0.05) is 22.4 Å². The van der Waals surface area contributed by atoms with E-state index in [4.69, 9.17) is 14.9 Å². The van der Waals surface area contributed by atoms with Gasteiger partial charge >= 0.3 is 0 Å². The standard InChI is InChI=1S/C14H17NO2/c1-10(15)6-14(8-16-9-14)12-7-17-13-5-3-2-4-11(12)13/h2-5,7,10H,6,8-9,15H2,1H3. The minimum atomic E-state index is 0.0563. The summed E-state index contributed by atoms with van der Waals surface area (Å²) in [7, 11) is 0. The van der Waals surface area contributed by atoms with E-state index >= 15 is 0 Å². The van der Waals surface area contributed by atoms with Crippen LogP contribution in [-0.2, 0) is 10.2 Å². The number of benzene rings is 1. The molecule has 1 saturated heterocycles. The van der Waals surface area contributed by atoms with Crippen molar-refractivity contribution in [2.24, 2.45) is 5.73 Å². The lowest BCUT2D eigenvalue weighted by Crippen LogP contribution is -2.49. The molecule has 3 rings (SSSR count). The Morgan fingerprint density at radius 3 is 2.76 bits per heavy atom. The molecular formula is C14H17NO2. The summed E-state index contributed by atoms with van der Waals surface area (Å²) >= 11 is 0. The van der Waals surface area contributed by atoms with Crippen molar-refractivity contribution < 1.29 is 9.15 Å². The summed E-state index contributed by atoms with van der Waals surface area (Å²) in [5, 5.41) is 1.19. The van der Waals surface area contributed by atoms with Gasteiger partial charge in [-0.2, -0.15) is 0 Å². The van der Waals surface area contributed by atoms with Gasteiger partial charge in [0.25, 0.3) is 0 Å². The smallest absolute Gasteiger partial charge is 0.134 e. The highest BCUT2D eigenvalue weighted by Gasteiger charge is 2.42. The van der Waals surface area contributed by atoms with Crippen molar-refractivity contribution in [1.82, 2.24) is 0 Å². The lowest BCUT2D eigenvalue weighted by molar-refractivity contribution is -0.0661. The van der Waals surface area contributed by atoms with E-state index in [2.05, 4.69) is 6.07 Å². The molecule has 1 aliphatic heterocycles. The van der Waals surface area contributed by atoms with E-state index in [0.717, 1.165) is 25.2 Å². The average Bonchev–Trinajstić information content (AvgIpc) is 2.67. The Kier molecular flexibility index (Phi) is 2.45. The van der Waals surface area contributed by atoms with Crippen LogP contribution in [0.15, 0.2) is 34.9 Å². The molecule has 0 aliphatic carbocycles. The fraction of sp³-hybridized carbons (Fsp3) is 0.429. The molecule has 3 nitrogen and oxygen atoms in total. The van der Waals surface area contributed by atoms with Crippen LogP contribution in [0.3, 0.4) is 0 Å². The molecule has 1 fully saturated rings. The van der Waals surface area contributed by atoms with Crippen molar-refractivity contribution in [2.45, 2.75) is 24.8 Å². The molecule has 1 unspecified atom stereocenters. The summed E-state index contributed by atoms with van der Waals surface area (Å²) in [6.45, 7) is 3.54. The van der Waals surface area contributed by atoms with Gasteiger partial charge in [-0.25, -0.2) is 0 Å². The van der Waals surface area contributed by atoms with E-state index in [1.807, 2.05) is 31.4 Å². The molecule has 0 spiro atoms.